The van der Waals surface area contributed by atoms with Gasteiger partial charge in [-0.25, -0.2) is 9.97 Å². The number of fused-ring (bicyclic) bond motifs is 2. The van der Waals surface area contributed by atoms with E-state index >= 15 is 0 Å². The maximum Gasteiger partial charge on any atom is 0.297 e. The zero-order valence-corrected chi connectivity index (χ0v) is 20.9. The van der Waals surface area contributed by atoms with Crippen LogP contribution in [0, 0.1) is 0 Å². The molecule has 5 aromatic rings. The summed E-state index contributed by atoms with van der Waals surface area (Å²) in [5, 5.41) is 13.5. The predicted molar refractivity (Wildman–Crippen MR) is 143 cm³/mol. The van der Waals surface area contributed by atoms with Gasteiger partial charge in [0.15, 0.2) is 11.3 Å². The van der Waals surface area contributed by atoms with Crippen molar-refractivity contribution in [3.8, 4) is 17.3 Å². The zero-order chi connectivity index (χ0) is 26.4. The molecule has 1 amide bonds. The smallest absolute Gasteiger partial charge is 0.297 e. The normalized spacial score (nSPS) is 14.9. The Bertz CT molecular complexity index is 1710. The summed E-state index contributed by atoms with van der Waals surface area (Å²) >= 11 is 0. The van der Waals surface area contributed by atoms with E-state index in [0.717, 1.165) is 16.7 Å². The first kappa shape index (κ1) is 23.5. The van der Waals surface area contributed by atoms with Crippen LogP contribution in [0.3, 0.4) is 0 Å². The number of aromatic nitrogens is 3. The van der Waals surface area contributed by atoms with Gasteiger partial charge in [-0.3, -0.25) is 14.2 Å². The molecular formula is C29H25N5O4. The molecule has 0 spiro atoms. The summed E-state index contributed by atoms with van der Waals surface area (Å²) in [5.41, 5.74) is 4.21. The first-order valence-corrected chi connectivity index (χ1v) is 12.3. The number of aromatic hydroxyl groups is 1. The van der Waals surface area contributed by atoms with Gasteiger partial charge in [0.1, 0.15) is 5.52 Å². The van der Waals surface area contributed by atoms with Crippen LogP contribution in [0.2, 0.25) is 0 Å². The van der Waals surface area contributed by atoms with Gasteiger partial charge in [-0.15, -0.1) is 0 Å². The van der Waals surface area contributed by atoms with E-state index in [1.807, 2.05) is 65.6 Å². The Balaban J connectivity index is 1.53. The number of hydrogen-bond donors (Lipinski definition) is 2. The lowest BCUT2D eigenvalue weighted by molar-refractivity contribution is 0.0963. The van der Waals surface area contributed by atoms with E-state index in [1.165, 1.54) is 4.57 Å². The van der Waals surface area contributed by atoms with E-state index in [9.17, 15) is 14.7 Å². The number of carbonyl (C=O) groups is 1. The molecule has 0 bridgehead atoms. The lowest BCUT2D eigenvalue weighted by atomic mass is 9.87. The summed E-state index contributed by atoms with van der Waals surface area (Å²) in [4.78, 5) is 36.7. The second kappa shape index (κ2) is 9.19. The molecule has 1 atom stereocenters. The molecule has 38 heavy (non-hydrogen) atoms. The van der Waals surface area contributed by atoms with Gasteiger partial charge in [0.05, 0.1) is 6.04 Å². The van der Waals surface area contributed by atoms with Crippen molar-refractivity contribution in [3.63, 3.8) is 0 Å². The quantitative estimate of drug-likeness (QED) is 0.380. The fourth-order valence-corrected chi connectivity index (χ4v) is 5.08. The maximum absolute atomic E-state index is 13.2. The van der Waals surface area contributed by atoms with Crippen LogP contribution in [-0.4, -0.2) is 39.1 Å². The molecule has 0 saturated carbocycles. The van der Waals surface area contributed by atoms with Gasteiger partial charge in [-0.1, -0.05) is 48.5 Å². The largest absolute Gasteiger partial charge is 0.501 e. The highest BCUT2D eigenvalue weighted by Gasteiger charge is 2.33. The zero-order valence-electron chi connectivity index (χ0n) is 20.9. The monoisotopic (exact) mass is 507 g/mol. The SMILES string of the molecule is CNC(=O)c1ccc2c(c1)CCN(c1nc(-c3nc4ccccc4o3)c(O)c(=O)n1C)[C@@H]2c1ccccc1. The minimum absolute atomic E-state index is 0.00752. The fourth-order valence-electron chi connectivity index (χ4n) is 5.08. The van der Waals surface area contributed by atoms with Crippen molar-refractivity contribution in [1.82, 2.24) is 19.9 Å². The molecule has 6 rings (SSSR count). The van der Waals surface area contributed by atoms with Gasteiger partial charge in [0, 0.05) is 26.2 Å². The van der Waals surface area contributed by atoms with Crippen molar-refractivity contribution in [3.05, 3.63) is 105 Å². The van der Waals surface area contributed by atoms with Crippen molar-refractivity contribution >= 4 is 23.0 Å². The molecule has 2 aromatic heterocycles. The minimum atomic E-state index is -0.597. The number of nitrogens with zero attached hydrogens (tertiary/aromatic N) is 4. The van der Waals surface area contributed by atoms with Crippen molar-refractivity contribution in [2.45, 2.75) is 12.5 Å². The van der Waals surface area contributed by atoms with E-state index in [2.05, 4.69) is 10.3 Å². The highest BCUT2D eigenvalue weighted by molar-refractivity contribution is 5.94. The van der Waals surface area contributed by atoms with Crippen LogP contribution in [-0.2, 0) is 13.5 Å². The minimum Gasteiger partial charge on any atom is -0.501 e. The summed E-state index contributed by atoms with van der Waals surface area (Å²) in [6.07, 6.45) is 0.637. The van der Waals surface area contributed by atoms with Crippen molar-refractivity contribution in [2.75, 3.05) is 18.5 Å². The van der Waals surface area contributed by atoms with Gasteiger partial charge in [0.25, 0.3) is 17.4 Å². The molecule has 190 valence electrons. The number of amides is 1. The van der Waals surface area contributed by atoms with Crippen LogP contribution < -0.4 is 15.8 Å². The molecule has 0 radical (unpaired) electrons. The summed E-state index contributed by atoms with van der Waals surface area (Å²) in [6.45, 7) is 0.530. The summed E-state index contributed by atoms with van der Waals surface area (Å²) < 4.78 is 7.20. The third-order valence-electron chi connectivity index (χ3n) is 6.97. The number of carbonyl (C=O) groups excluding carboxylic acids is 1. The van der Waals surface area contributed by atoms with Gasteiger partial charge in [-0.05, 0) is 47.4 Å². The van der Waals surface area contributed by atoms with Crippen molar-refractivity contribution in [2.24, 2.45) is 7.05 Å². The van der Waals surface area contributed by atoms with Crippen molar-refractivity contribution in [1.29, 1.82) is 0 Å². The lowest BCUT2D eigenvalue weighted by Gasteiger charge is -2.39. The molecule has 3 heterocycles. The van der Waals surface area contributed by atoms with Crippen LogP contribution in [0.25, 0.3) is 22.7 Å². The Hall–Kier alpha value is -4.92. The first-order chi connectivity index (χ1) is 18.5. The third-order valence-corrected chi connectivity index (χ3v) is 6.97. The number of oxazole rings is 1. The fraction of sp³-hybridized carbons (Fsp3) is 0.172. The molecule has 0 unspecified atom stereocenters. The first-order valence-electron chi connectivity index (χ1n) is 12.3. The number of rotatable bonds is 4. The summed E-state index contributed by atoms with van der Waals surface area (Å²) in [6, 6.07) is 22.6. The van der Waals surface area contributed by atoms with Gasteiger partial charge in [-0.2, -0.15) is 0 Å². The van der Waals surface area contributed by atoms with Gasteiger partial charge in [0.2, 0.25) is 11.7 Å². The van der Waals surface area contributed by atoms with Gasteiger partial charge < -0.3 is 19.7 Å². The van der Waals surface area contributed by atoms with E-state index in [0.29, 0.717) is 35.6 Å². The van der Waals surface area contributed by atoms with Gasteiger partial charge >= 0.3 is 0 Å². The average Bonchev–Trinajstić information content (AvgIpc) is 3.39. The lowest BCUT2D eigenvalue weighted by Crippen LogP contribution is -2.40. The summed E-state index contributed by atoms with van der Waals surface area (Å²) in [5.74, 6) is -0.213. The molecule has 2 N–H and O–H groups in total. The molecule has 0 aliphatic carbocycles. The highest BCUT2D eigenvalue weighted by Crippen LogP contribution is 2.39. The third kappa shape index (κ3) is 3.80. The number of benzene rings is 3. The number of para-hydroxylation sites is 2. The second-order valence-electron chi connectivity index (χ2n) is 9.21. The Morgan fingerprint density at radius 3 is 2.58 bits per heavy atom. The molecule has 0 fully saturated rings. The topological polar surface area (TPSA) is 113 Å². The van der Waals surface area contributed by atoms with E-state index in [-0.39, 0.29) is 23.5 Å². The average molecular weight is 508 g/mol. The van der Waals surface area contributed by atoms with Crippen LogP contribution in [0.1, 0.15) is 33.1 Å². The highest BCUT2D eigenvalue weighted by atomic mass is 16.4. The van der Waals surface area contributed by atoms with Crippen LogP contribution in [0.4, 0.5) is 5.95 Å². The van der Waals surface area contributed by atoms with E-state index in [1.54, 1.807) is 26.2 Å². The van der Waals surface area contributed by atoms with E-state index < -0.39 is 11.3 Å². The molecule has 3 aromatic carbocycles. The second-order valence-corrected chi connectivity index (χ2v) is 9.21. The predicted octanol–water partition coefficient (Wildman–Crippen LogP) is 3.81. The Morgan fingerprint density at radius 2 is 1.82 bits per heavy atom. The summed E-state index contributed by atoms with van der Waals surface area (Å²) in [7, 11) is 3.20. The maximum atomic E-state index is 13.2. The molecule has 1 aliphatic rings. The standard InChI is InChI=1S/C29H25N5O4/c1-30-26(36)19-12-13-20-18(16-19)14-15-34(24(20)17-8-4-3-5-9-17)29-32-23(25(35)28(37)33(29)2)27-31-21-10-6-7-11-22(21)38-27/h3-13,16,24,35H,14-15H2,1-2H3,(H,30,36)/t24-/m1/s1. The molecule has 9 heteroatoms. The number of anilines is 1. The molecular weight excluding hydrogens is 482 g/mol. The Kier molecular flexibility index (Phi) is 5.68. The number of nitrogens with one attached hydrogen (secondary N) is 1. The van der Waals surface area contributed by atoms with E-state index in [4.69, 9.17) is 9.40 Å². The number of hydrogen-bond acceptors (Lipinski definition) is 7. The van der Waals surface area contributed by atoms with Crippen LogP contribution in [0.15, 0.2) is 82.0 Å². The Labute approximate surface area is 218 Å². The van der Waals surface area contributed by atoms with Crippen molar-refractivity contribution < 1.29 is 14.3 Å². The Morgan fingerprint density at radius 1 is 1.05 bits per heavy atom. The molecule has 9 nitrogen and oxygen atoms in total. The van der Waals surface area contributed by atoms with Crippen LogP contribution in [0.5, 0.6) is 5.75 Å². The molecule has 1 aliphatic heterocycles. The molecule has 0 saturated heterocycles. The van der Waals surface area contributed by atoms with Crippen LogP contribution >= 0.6 is 0 Å².